The zero-order valence-corrected chi connectivity index (χ0v) is 8.96. The van der Waals surface area contributed by atoms with Crippen molar-refractivity contribution < 1.29 is 13.7 Å². The van der Waals surface area contributed by atoms with Gasteiger partial charge in [0.05, 0.1) is 4.92 Å². The molecule has 1 aromatic carbocycles. The van der Waals surface area contributed by atoms with Crippen molar-refractivity contribution in [3.63, 3.8) is 0 Å². The van der Waals surface area contributed by atoms with Gasteiger partial charge in [-0.1, -0.05) is 12.1 Å². The topological polar surface area (TPSA) is 68.9 Å². The van der Waals surface area contributed by atoms with Crippen LogP contribution in [0.3, 0.4) is 0 Å². The van der Waals surface area contributed by atoms with Crippen molar-refractivity contribution in [2.45, 2.75) is 5.92 Å². The lowest BCUT2D eigenvalue weighted by Crippen LogP contribution is -2.18. The average molecular weight is 251 g/mol. The summed E-state index contributed by atoms with van der Waals surface area (Å²) in [5, 5.41) is 10.5. The van der Waals surface area contributed by atoms with E-state index in [1.165, 1.54) is 24.5 Å². The number of non-ortho nitro benzene ring substituents is 1. The number of alkyl halides is 2. The second kappa shape index (κ2) is 4.44. The second-order valence-electron chi connectivity index (χ2n) is 3.45. The van der Waals surface area contributed by atoms with Crippen LogP contribution in [0, 0.1) is 10.1 Å². The Morgan fingerprint density at radius 3 is 2.44 bits per heavy atom. The summed E-state index contributed by atoms with van der Waals surface area (Å²) in [5.41, 5.74) is -0.911. The van der Waals surface area contributed by atoms with E-state index in [2.05, 4.69) is 9.97 Å². The summed E-state index contributed by atoms with van der Waals surface area (Å²) in [6.45, 7) is 0. The molecule has 18 heavy (non-hydrogen) atoms. The molecule has 0 spiro atoms. The van der Waals surface area contributed by atoms with E-state index in [1.54, 1.807) is 0 Å². The highest BCUT2D eigenvalue weighted by Gasteiger charge is 2.38. The van der Waals surface area contributed by atoms with E-state index in [-0.39, 0.29) is 0 Å². The molecule has 0 aliphatic heterocycles. The van der Waals surface area contributed by atoms with E-state index in [0.29, 0.717) is 0 Å². The number of benzene rings is 1. The second-order valence-corrected chi connectivity index (χ2v) is 3.45. The normalized spacial score (nSPS) is 11.2. The lowest BCUT2D eigenvalue weighted by atomic mass is 10.1. The van der Waals surface area contributed by atoms with Crippen LogP contribution in [0.1, 0.15) is 11.4 Å². The van der Waals surface area contributed by atoms with E-state index in [1.807, 2.05) is 0 Å². The fraction of sp³-hybridized carbons (Fsp3) is 0.0909. The van der Waals surface area contributed by atoms with E-state index in [4.69, 9.17) is 0 Å². The van der Waals surface area contributed by atoms with E-state index in [9.17, 15) is 18.9 Å². The maximum Gasteiger partial charge on any atom is 0.332 e. The molecule has 92 valence electrons. The van der Waals surface area contributed by atoms with Crippen LogP contribution in [-0.4, -0.2) is 14.9 Å². The van der Waals surface area contributed by atoms with Gasteiger partial charge in [0.1, 0.15) is 0 Å². The predicted molar refractivity (Wildman–Crippen MR) is 58.1 cm³/mol. The molecule has 2 rings (SSSR count). The molecule has 0 aliphatic carbocycles. The fourth-order valence-electron chi connectivity index (χ4n) is 1.41. The Morgan fingerprint density at radius 1 is 1.17 bits per heavy atom. The number of nitrogens with zero attached hydrogens (tertiary/aromatic N) is 3. The number of halogens is 2. The third-order valence-corrected chi connectivity index (χ3v) is 2.27. The number of nitro groups is 1. The molecule has 0 atom stereocenters. The standard InChI is InChI=1S/C11H7F2N3O2/c12-11(13,10-14-5-2-6-15-10)8-3-1-4-9(7-8)16(17)18/h1-7H. The van der Waals surface area contributed by atoms with Gasteiger partial charge in [0.2, 0.25) is 5.82 Å². The van der Waals surface area contributed by atoms with Gasteiger partial charge in [-0.15, -0.1) is 0 Å². The van der Waals surface area contributed by atoms with E-state index < -0.39 is 27.9 Å². The SMILES string of the molecule is O=[N+]([O-])c1cccc(C(F)(F)c2ncccn2)c1. The molecular formula is C11H7F2N3O2. The van der Waals surface area contributed by atoms with Crippen LogP contribution in [0.5, 0.6) is 0 Å². The number of aromatic nitrogens is 2. The van der Waals surface area contributed by atoms with Crippen LogP contribution < -0.4 is 0 Å². The molecule has 1 heterocycles. The number of hydrogen-bond acceptors (Lipinski definition) is 4. The minimum absolute atomic E-state index is 0.400. The summed E-state index contributed by atoms with van der Waals surface area (Å²) < 4.78 is 28.0. The molecule has 0 saturated carbocycles. The van der Waals surface area contributed by atoms with E-state index in [0.717, 1.165) is 18.2 Å². The van der Waals surface area contributed by atoms with Gasteiger partial charge in [-0.2, -0.15) is 8.78 Å². The van der Waals surface area contributed by atoms with Crippen molar-refractivity contribution in [3.8, 4) is 0 Å². The maximum absolute atomic E-state index is 14.0. The van der Waals surface area contributed by atoms with Gasteiger partial charge in [0.25, 0.3) is 5.69 Å². The average Bonchev–Trinajstić information content (AvgIpc) is 2.40. The fourth-order valence-corrected chi connectivity index (χ4v) is 1.41. The monoisotopic (exact) mass is 251 g/mol. The van der Waals surface area contributed by atoms with Gasteiger partial charge in [0, 0.05) is 30.1 Å². The Hall–Kier alpha value is -2.44. The first-order valence-corrected chi connectivity index (χ1v) is 4.92. The smallest absolute Gasteiger partial charge is 0.258 e. The first-order valence-electron chi connectivity index (χ1n) is 4.92. The largest absolute Gasteiger partial charge is 0.332 e. The molecule has 0 N–H and O–H groups in total. The van der Waals surface area contributed by atoms with Crippen LogP contribution in [0.15, 0.2) is 42.7 Å². The summed E-state index contributed by atoms with van der Waals surface area (Å²) >= 11 is 0. The lowest BCUT2D eigenvalue weighted by molar-refractivity contribution is -0.385. The summed E-state index contributed by atoms with van der Waals surface area (Å²) in [5.74, 6) is -4.15. The molecule has 7 heteroatoms. The van der Waals surface area contributed by atoms with Crippen LogP contribution in [-0.2, 0) is 5.92 Å². The third kappa shape index (κ3) is 2.15. The molecule has 0 radical (unpaired) electrons. The Labute approximate surface area is 100 Å². The Balaban J connectivity index is 2.47. The van der Waals surface area contributed by atoms with Crippen LogP contribution in [0.4, 0.5) is 14.5 Å². The summed E-state index contributed by atoms with van der Waals surface area (Å²) in [6.07, 6.45) is 2.38. The molecule has 0 saturated heterocycles. The van der Waals surface area contributed by atoms with Gasteiger partial charge in [0.15, 0.2) is 0 Å². The Morgan fingerprint density at radius 2 is 1.83 bits per heavy atom. The van der Waals surface area contributed by atoms with Crippen LogP contribution in [0.2, 0.25) is 0 Å². The highest BCUT2D eigenvalue weighted by Crippen LogP contribution is 2.34. The molecule has 0 amide bonds. The Kier molecular flexibility index (Phi) is 2.97. The minimum Gasteiger partial charge on any atom is -0.258 e. The van der Waals surface area contributed by atoms with Gasteiger partial charge in [-0.25, -0.2) is 9.97 Å². The molecule has 5 nitrogen and oxygen atoms in total. The molecule has 1 aromatic heterocycles. The minimum atomic E-state index is -3.47. The van der Waals surface area contributed by atoms with Crippen LogP contribution in [0.25, 0.3) is 0 Å². The van der Waals surface area contributed by atoms with Crippen molar-refractivity contribution in [2.24, 2.45) is 0 Å². The highest BCUT2D eigenvalue weighted by molar-refractivity contribution is 5.38. The molecule has 0 fully saturated rings. The molecule has 2 aromatic rings. The number of hydrogen-bond donors (Lipinski definition) is 0. The van der Waals surface area contributed by atoms with Crippen LogP contribution >= 0.6 is 0 Å². The van der Waals surface area contributed by atoms with Gasteiger partial charge in [-0.3, -0.25) is 10.1 Å². The quantitative estimate of drug-likeness (QED) is 0.620. The van der Waals surface area contributed by atoms with Crippen molar-refractivity contribution in [2.75, 3.05) is 0 Å². The molecule has 0 unspecified atom stereocenters. The number of rotatable bonds is 3. The molecule has 0 aliphatic rings. The Bertz CT molecular complexity index is 576. The van der Waals surface area contributed by atoms with E-state index >= 15 is 0 Å². The summed E-state index contributed by atoms with van der Waals surface area (Å²) in [6, 6.07) is 5.67. The third-order valence-electron chi connectivity index (χ3n) is 2.27. The van der Waals surface area contributed by atoms with Crippen molar-refractivity contribution in [3.05, 3.63) is 64.2 Å². The summed E-state index contributed by atoms with van der Waals surface area (Å²) in [7, 11) is 0. The lowest BCUT2D eigenvalue weighted by Gasteiger charge is -2.14. The van der Waals surface area contributed by atoms with Gasteiger partial charge >= 0.3 is 5.92 Å². The number of nitro benzene ring substituents is 1. The maximum atomic E-state index is 14.0. The first-order chi connectivity index (χ1) is 8.51. The van der Waals surface area contributed by atoms with Crippen molar-refractivity contribution >= 4 is 5.69 Å². The first kappa shape index (κ1) is 12.0. The predicted octanol–water partition coefficient (Wildman–Crippen LogP) is 2.52. The molecule has 0 bridgehead atoms. The zero-order valence-electron chi connectivity index (χ0n) is 8.96. The molecular weight excluding hydrogens is 244 g/mol. The van der Waals surface area contributed by atoms with Crippen molar-refractivity contribution in [1.82, 2.24) is 9.97 Å². The zero-order chi connectivity index (χ0) is 13.2. The van der Waals surface area contributed by atoms with Crippen molar-refractivity contribution in [1.29, 1.82) is 0 Å². The summed E-state index contributed by atoms with van der Waals surface area (Å²) in [4.78, 5) is 16.8. The highest BCUT2D eigenvalue weighted by atomic mass is 19.3. The van der Waals surface area contributed by atoms with Gasteiger partial charge in [-0.05, 0) is 6.07 Å². The van der Waals surface area contributed by atoms with Gasteiger partial charge < -0.3 is 0 Å².